The van der Waals surface area contributed by atoms with E-state index in [0.29, 0.717) is 0 Å². The summed E-state index contributed by atoms with van der Waals surface area (Å²) >= 11 is 0. The van der Waals surface area contributed by atoms with Gasteiger partial charge in [-0.15, -0.1) is 6.58 Å². The molecular weight excluding hydrogens is 146 g/mol. The predicted octanol–water partition coefficient (Wildman–Crippen LogP) is 2.24. The van der Waals surface area contributed by atoms with Crippen molar-refractivity contribution in [1.82, 2.24) is 0 Å². The average Bonchev–Trinajstić information content (AvgIpc) is 2.89. The van der Waals surface area contributed by atoms with Gasteiger partial charge in [-0.25, -0.2) is 0 Å². The number of hydrogen-bond acceptors (Lipinski definition) is 1. The van der Waals surface area contributed by atoms with Gasteiger partial charge in [-0.05, 0) is 24.1 Å². The van der Waals surface area contributed by atoms with Crippen LogP contribution in [0.1, 0.15) is 5.56 Å². The topological polar surface area (TPSA) is 3.01 Å². The molecule has 1 fully saturated rings. The predicted molar refractivity (Wildman–Crippen MR) is 52.6 cm³/mol. The van der Waals surface area contributed by atoms with Crippen molar-refractivity contribution in [1.29, 1.82) is 0 Å². The highest BCUT2D eigenvalue weighted by Crippen LogP contribution is 2.21. The van der Waals surface area contributed by atoms with Crippen LogP contribution in [0, 0.1) is 0 Å². The van der Waals surface area contributed by atoms with Crippen molar-refractivity contribution < 1.29 is 0 Å². The second-order valence-electron chi connectivity index (χ2n) is 3.15. The van der Waals surface area contributed by atoms with Gasteiger partial charge >= 0.3 is 0 Å². The van der Waals surface area contributed by atoms with Crippen LogP contribution < -0.4 is 4.90 Å². The maximum atomic E-state index is 3.72. The molecule has 1 heterocycles. The van der Waals surface area contributed by atoms with Gasteiger partial charge in [0.1, 0.15) is 0 Å². The molecule has 0 radical (unpaired) electrons. The maximum Gasteiger partial charge on any atom is 0.0367 e. The van der Waals surface area contributed by atoms with Crippen molar-refractivity contribution >= 4 is 5.69 Å². The maximum absolute atomic E-state index is 3.72. The lowest BCUT2D eigenvalue weighted by molar-refractivity contribution is 1.26. The second-order valence-corrected chi connectivity index (χ2v) is 3.15. The molecule has 0 aromatic heterocycles. The Balaban J connectivity index is 2.12. The molecule has 1 heteroatoms. The number of allylic oxidation sites excluding steroid dienone is 1. The van der Waals surface area contributed by atoms with Gasteiger partial charge < -0.3 is 4.90 Å². The summed E-state index contributed by atoms with van der Waals surface area (Å²) in [5.74, 6) is 0. The van der Waals surface area contributed by atoms with Gasteiger partial charge in [0.05, 0.1) is 0 Å². The summed E-state index contributed by atoms with van der Waals surface area (Å²) < 4.78 is 0. The summed E-state index contributed by atoms with van der Waals surface area (Å²) in [6, 6.07) is 8.72. The third-order valence-corrected chi connectivity index (χ3v) is 2.13. The standard InChI is InChI=1S/C11H13N/c1-2-3-10-4-6-11(7-5-10)12-8-9-12/h2,4-7H,1,3,8-9H2. The lowest BCUT2D eigenvalue weighted by Gasteiger charge is -2.02. The molecule has 0 saturated carbocycles. The van der Waals surface area contributed by atoms with E-state index in [1.54, 1.807) is 0 Å². The van der Waals surface area contributed by atoms with Crippen molar-refractivity contribution in [2.45, 2.75) is 6.42 Å². The summed E-state index contributed by atoms with van der Waals surface area (Å²) in [5, 5.41) is 0. The van der Waals surface area contributed by atoms with Crippen molar-refractivity contribution in [3.63, 3.8) is 0 Å². The van der Waals surface area contributed by atoms with Gasteiger partial charge in [0, 0.05) is 18.8 Å². The van der Waals surface area contributed by atoms with Crippen LogP contribution >= 0.6 is 0 Å². The van der Waals surface area contributed by atoms with Crippen LogP contribution in [0.3, 0.4) is 0 Å². The first-order valence-electron chi connectivity index (χ1n) is 4.35. The number of nitrogens with zero attached hydrogens (tertiary/aromatic N) is 1. The average molecular weight is 159 g/mol. The molecule has 62 valence electrons. The van der Waals surface area contributed by atoms with Crippen LogP contribution in [0.4, 0.5) is 5.69 Å². The zero-order valence-electron chi connectivity index (χ0n) is 7.16. The van der Waals surface area contributed by atoms with Gasteiger partial charge in [0.2, 0.25) is 0 Å². The number of benzene rings is 1. The second kappa shape index (κ2) is 3.02. The van der Waals surface area contributed by atoms with E-state index in [1.807, 2.05) is 6.08 Å². The number of anilines is 1. The molecule has 0 N–H and O–H groups in total. The van der Waals surface area contributed by atoms with Crippen molar-refractivity contribution in [2.24, 2.45) is 0 Å². The fourth-order valence-corrected chi connectivity index (χ4v) is 1.32. The van der Waals surface area contributed by atoms with Gasteiger partial charge in [0.25, 0.3) is 0 Å². The van der Waals surface area contributed by atoms with E-state index in [1.165, 1.54) is 24.3 Å². The van der Waals surface area contributed by atoms with E-state index < -0.39 is 0 Å². The van der Waals surface area contributed by atoms with Crippen LogP contribution in [0.2, 0.25) is 0 Å². The SMILES string of the molecule is C=CCc1ccc(N2CC2)cc1. The first kappa shape index (κ1) is 7.41. The highest BCUT2D eigenvalue weighted by atomic mass is 15.3. The summed E-state index contributed by atoms with van der Waals surface area (Å²) in [6.07, 6.45) is 2.91. The molecule has 0 amide bonds. The number of rotatable bonds is 3. The molecule has 0 unspecified atom stereocenters. The molecule has 1 aromatic carbocycles. The highest BCUT2D eigenvalue weighted by Gasteiger charge is 2.16. The molecule has 12 heavy (non-hydrogen) atoms. The fraction of sp³-hybridized carbons (Fsp3) is 0.273. The van der Waals surface area contributed by atoms with Crippen LogP contribution in [-0.4, -0.2) is 13.1 Å². The third-order valence-electron chi connectivity index (χ3n) is 2.13. The summed E-state index contributed by atoms with van der Waals surface area (Å²) in [7, 11) is 0. The van der Waals surface area contributed by atoms with Crippen LogP contribution in [0.5, 0.6) is 0 Å². The monoisotopic (exact) mass is 159 g/mol. The molecule has 1 aromatic rings. The van der Waals surface area contributed by atoms with Gasteiger partial charge in [-0.1, -0.05) is 18.2 Å². The zero-order chi connectivity index (χ0) is 8.39. The largest absolute Gasteiger partial charge is 0.368 e. The van der Waals surface area contributed by atoms with Crippen LogP contribution in [0.25, 0.3) is 0 Å². The normalized spacial score (nSPS) is 14.5. The molecule has 1 aliphatic heterocycles. The zero-order valence-corrected chi connectivity index (χ0v) is 7.16. The van der Waals surface area contributed by atoms with E-state index in [9.17, 15) is 0 Å². The number of hydrogen-bond donors (Lipinski definition) is 0. The Morgan fingerprint density at radius 3 is 2.42 bits per heavy atom. The summed E-state index contributed by atoms with van der Waals surface area (Å²) in [5.41, 5.74) is 2.69. The summed E-state index contributed by atoms with van der Waals surface area (Å²) in [6.45, 7) is 6.16. The first-order chi connectivity index (χ1) is 5.90. The highest BCUT2D eigenvalue weighted by molar-refractivity contribution is 5.52. The summed E-state index contributed by atoms with van der Waals surface area (Å²) in [4.78, 5) is 2.34. The molecular formula is C11H13N. The molecule has 0 spiro atoms. The molecule has 1 nitrogen and oxygen atoms in total. The van der Waals surface area contributed by atoms with E-state index in [0.717, 1.165) is 6.42 Å². The van der Waals surface area contributed by atoms with E-state index in [-0.39, 0.29) is 0 Å². The van der Waals surface area contributed by atoms with Gasteiger partial charge in [-0.3, -0.25) is 0 Å². The van der Waals surface area contributed by atoms with Gasteiger partial charge in [-0.2, -0.15) is 0 Å². The van der Waals surface area contributed by atoms with E-state index >= 15 is 0 Å². The first-order valence-corrected chi connectivity index (χ1v) is 4.35. The fourth-order valence-electron chi connectivity index (χ4n) is 1.32. The molecule has 1 aliphatic rings. The van der Waals surface area contributed by atoms with E-state index in [2.05, 4.69) is 35.7 Å². The minimum atomic E-state index is 0.972. The lowest BCUT2D eigenvalue weighted by atomic mass is 10.1. The Labute approximate surface area is 73.3 Å². The van der Waals surface area contributed by atoms with Crippen molar-refractivity contribution in [2.75, 3.05) is 18.0 Å². The molecule has 2 rings (SSSR count). The minimum absolute atomic E-state index is 0.972. The Kier molecular flexibility index (Phi) is 1.86. The lowest BCUT2D eigenvalue weighted by Crippen LogP contribution is -1.90. The molecule has 0 bridgehead atoms. The Morgan fingerprint density at radius 2 is 1.92 bits per heavy atom. The Morgan fingerprint density at radius 1 is 1.25 bits per heavy atom. The minimum Gasteiger partial charge on any atom is -0.368 e. The third kappa shape index (κ3) is 1.50. The smallest absolute Gasteiger partial charge is 0.0367 e. The van der Waals surface area contributed by atoms with E-state index in [4.69, 9.17) is 0 Å². The molecule has 0 aliphatic carbocycles. The van der Waals surface area contributed by atoms with Crippen molar-refractivity contribution in [3.8, 4) is 0 Å². The van der Waals surface area contributed by atoms with Gasteiger partial charge in [0.15, 0.2) is 0 Å². The molecule has 1 saturated heterocycles. The Hall–Kier alpha value is -1.24. The van der Waals surface area contributed by atoms with Crippen molar-refractivity contribution in [3.05, 3.63) is 42.5 Å². The Bertz CT molecular complexity index is 270. The van der Waals surface area contributed by atoms with Crippen LogP contribution in [-0.2, 0) is 6.42 Å². The van der Waals surface area contributed by atoms with Crippen LogP contribution in [0.15, 0.2) is 36.9 Å². The molecule has 0 atom stereocenters. The quantitative estimate of drug-likeness (QED) is 0.483.